The minimum absolute atomic E-state index is 0.186. The number of hydrogen-bond donors (Lipinski definition) is 1. The maximum Gasteiger partial charge on any atom is 0.230 e. The first-order valence-electron chi connectivity index (χ1n) is 8.93. The molecule has 132 valence electrons. The molecule has 2 aromatic carbocycles. The van der Waals surface area contributed by atoms with E-state index in [4.69, 9.17) is 0 Å². The Morgan fingerprint density at radius 1 is 1.00 bits per heavy atom. The summed E-state index contributed by atoms with van der Waals surface area (Å²) < 4.78 is 0. The summed E-state index contributed by atoms with van der Waals surface area (Å²) in [6.45, 7) is 3.57. The maximum absolute atomic E-state index is 13.3. The quantitative estimate of drug-likeness (QED) is 0.932. The fourth-order valence-corrected chi connectivity index (χ4v) is 3.39. The van der Waals surface area contributed by atoms with Gasteiger partial charge in [-0.05, 0) is 49.7 Å². The predicted octanol–water partition coefficient (Wildman–Crippen LogP) is 2.88. The lowest BCUT2D eigenvalue weighted by molar-refractivity contribution is -0.132. The van der Waals surface area contributed by atoms with Gasteiger partial charge in [0, 0.05) is 19.6 Å². The second-order valence-corrected chi connectivity index (χ2v) is 6.82. The predicted molar refractivity (Wildman–Crippen MR) is 99.7 cm³/mol. The molecule has 1 atom stereocenters. The number of benzene rings is 2. The van der Waals surface area contributed by atoms with Crippen molar-refractivity contribution in [2.75, 3.05) is 33.2 Å². The van der Waals surface area contributed by atoms with Crippen molar-refractivity contribution in [2.45, 2.75) is 18.8 Å². The van der Waals surface area contributed by atoms with E-state index in [0.717, 1.165) is 43.7 Å². The normalized spacial score (nSPS) is 17.1. The highest BCUT2D eigenvalue weighted by molar-refractivity contribution is 5.84. The third kappa shape index (κ3) is 4.60. The second kappa shape index (κ2) is 8.17. The van der Waals surface area contributed by atoms with Gasteiger partial charge in [0.25, 0.3) is 0 Å². The summed E-state index contributed by atoms with van der Waals surface area (Å²) in [5, 5.41) is 9.50. The number of amides is 1. The van der Waals surface area contributed by atoms with Crippen LogP contribution in [0.1, 0.15) is 23.5 Å². The molecule has 0 saturated carbocycles. The van der Waals surface area contributed by atoms with Gasteiger partial charge in [-0.15, -0.1) is 0 Å². The van der Waals surface area contributed by atoms with E-state index in [1.807, 2.05) is 47.4 Å². The molecule has 1 aliphatic heterocycles. The molecule has 0 spiro atoms. The van der Waals surface area contributed by atoms with Crippen LogP contribution < -0.4 is 0 Å². The number of nitrogens with zero attached hydrogens (tertiary/aromatic N) is 2. The third-order valence-corrected chi connectivity index (χ3v) is 4.91. The van der Waals surface area contributed by atoms with Crippen LogP contribution in [-0.4, -0.2) is 54.0 Å². The van der Waals surface area contributed by atoms with Gasteiger partial charge in [0.1, 0.15) is 5.75 Å². The zero-order valence-corrected chi connectivity index (χ0v) is 14.8. The lowest BCUT2D eigenvalue weighted by atomic mass is 9.90. The van der Waals surface area contributed by atoms with Gasteiger partial charge in [0.15, 0.2) is 0 Å². The summed E-state index contributed by atoms with van der Waals surface area (Å²) in [5.41, 5.74) is 2.12. The van der Waals surface area contributed by atoms with Gasteiger partial charge >= 0.3 is 0 Å². The lowest BCUT2D eigenvalue weighted by Crippen LogP contribution is -2.38. The molecule has 4 heteroatoms. The van der Waals surface area contributed by atoms with Crippen molar-refractivity contribution in [3.8, 4) is 5.75 Å². The Bertz CT molecular complexity index is 685. The fourth-order valence-electron chi connectivity index (χ4n) is 3.39. The molecule has 1 N–H and O–H groups in total. The molecule has 1 saturated heterocycles. The van der Waals surface area contributed by atoms with Crippen molar-refractivity contribution in [2.24, 2.45) is 0 Å². The highest BCUT2D eigenvalue weighted by atomic mass is 16.3. The van der Waals surface area contributed by atoms with Crippen LogP contribution in [0.4, 0.5) is 0 Å². The van der Waals surface area contributed by atoms with Gasteiger partial charge < -0.3 is 14.9 Å². The number of phenolic OH excluding ortho intramolecular Hbond substituents is 1. The zero-order chi connectivity index (χ0) is 17.6. The topological polar surface area (TPSA) is 43.8 Å². The van der Waals surface area contributed by atoms with E-state index in [2.05, 4.69) is 11.9 Å². The minimum Gasteiger partial charge on any atom is -0.508 e. The zero-order valence-electron chi connectivity index (χ0n) is 14.8. The summed E-state index contributed by atoms with van der Waals surface area (Å²) in [7, 11) is 2.11. The van der Waals surface area contributed by atoms with E-state index in [1.165, 1.54) is 0 Å². The Morgan fingerprint density at radius 2 is 1.72 bits per heavy atom. The van der Waals surface area contributed by atoms with E-state index in [9.17, 15) is 9.90 Å². The van der Waals surface area contributed by atoms with Crippen LogP contribution in [0, 0.1) is 0 Å². The van der Waals surface area contributed by atoms with Crippen LogP contribution in [-0.2, 0) is 11.2 Å². The highest BCUT2D eigenvalue weighted by Crippen LogP contribution is 2.25. The SMILES string of the molecule is CN1CCCN(C(=O)C(Cc2ccc(O)cc2)c2ccccc2)CC1. The minimum atomic E-state index is -0.186. The number of likely N-dealkylation sites (N-methyl/N-ethyl adjacent to an activating group) is 1. The number of rotatable bonds is 4. The van der Waals surface area contributed by atoms with Gasteiger partial charge in [0.2, 0.25) is 5.91 Å². The molecule has 3 rings (SSSR count). The molecule has 1 unspecified atom stereocenters. The van der Waals surface area contributed by atoms with E-state index in [1.54, 1.807) is 12.1 Å². The first-order valence-corrected chi connectivity index (χ1v) is 8.93. The van der Waals surface area contributed by atoms with Crippen molar-refractivity contribution in [3.63, 3.8) is 0 Å². The molecular formula is C21H26N2O2. The van der Waals surface area contributed by atoms with Gasteiger partial charge in [-0.1, -0.05) is 42.5 Å². The van der Waals surface area contributed by atoms with Crippen LogP contribution in [0.15, 0.2) is 54.6 Å². The van der Waals surface area contributed by atoms with E-state index in [0.29, 0.717) is 6.42 Å². The van der Waals surface area contributed by atoms with Crippen LogP contribution in [0.2, 0.25) is 0 Å². The fraction of sp³-hybridized carbons (Fsp3) is 0.381. The van der Waals surface area contributed by atoms with Crippen LogP contribution in [0.25, 0.3) is 0 Å². The molecule has 1 aliphatic rings. The number of carbonyl (C=O) groups is 1. The Balaban J connectivity index is 1.82. The standard InChI is InChI=1S/C21H26N2O2/c1-22-12-5-13-23(15-14-22)21(25)20(18-6-3-2-4-7-18)16-17-8-10-19(24)11-9-17/h2-4,6-11,20,24H,5,12-16H2,1H3. The summed E-state index contributed by atoms with van der Waals surface area (Å²) in [6.07, 6.45) is 1.67. The first-order chi connectivity index (χ1) is 12.1. The Labute approximate surface area is 149 Å². The molecular weight excluding hydrogens is 312 g/mol. The number of hydrogen-bond acceptors (Lipinski definition) is 3. The van der Waals surface area contributed by atoms with Crippen molar-refractivity contribution < 1.29 is 9.90 Å². The van der Waals surface area contributed by atoms with Crippen molar-refractivity contribution in [1.29, 1.82) is 0 Å². The van der Waals surface area contributed by atoms with Gasteiger partial charge in [-0.3, -0.25) is 4.79 Å². The summed E-state index contributed by atoms with van der Waals surface area (Å²) >= 11 is 0. The largest absolute Gasteiger partial charge is 0.508 e. The Kier molecular flexibility index (Phi) is 5.71. The molecule has 0 radical (unpaired) electrons. The van der Waals surface area contributed by atoms with Crippen molar-refractivity contribution >= 4 is 5.91 Å². The van der Waals surface area contributed by atoms with Crippen molar-refractivity contribution in [1.82, 2.24) is 9.80 Å². The van der Waals surface area contributed by atoms with Crippen LogP contribution >= 0.6 is 0 Å². The average molecular weight is 338 g/mol. The molecule has 4 nitrogen and oxygen atoms in total. The highest BCUT2D eigenvalue weighted by Gasteiger charge is 2.27. The molecule has 2 aromatic rings. The Hall–Kier alpha value is -2.33. The first kappa shape index (κ1) is 17.5. The summed E-state index contributed by atoms with van der Waals surface area (Å²) in [5.74, 6) is 0.269. The van der Waals surface area contributed by atoms with E-state index < -0.39 is 0 Å². The Morgan fingerprint density at radius 3 is 2.44 bits per heavy atom. The molecule has 25 heavy (non-hydrogen) atoms. The second-order valence-electron chi connectivity index (χ2n) is 6.82. The molecule has 1 fully saturated rings. The summed E-state index contributed by atoms with van der Waals surface area (Å²) in [4.78, 5) is 17.6. The van der Waals surface area contributed by atoms with E-state index in [-0.39, 0.29) is 17.6 Å². The maximum atomic E-state index is 13.3. The number of carbonyl (C=O) groups excluding carboxylic acids is 1. The lowest BCUT2D eigenvalue weighted by Gasteiger charge is -2.26. The monoisotopic (exact) mass is 338 g/mol. The third-order valence-electron chi connectivity index (χ3n) is 4.91. The summed E-state index contributed by atoms with van der Waals surface area (Å²) in [6, 6.07) is 17.2. The molecule has 1 amide bonds. The van der Waals surface area contributed by atoms with E-state index >= 15 is 0 Å². The van der Waals surface area contributed by atoms with Gasteiger partial charge in [-0.25, -0.2) is 0 Å². The molecule has 1 heterocycles. The van der Waals surface area contributed by atoms with Gasteiger partial charge in [0.05, 0.1) is 5.92 Å². The van der Waals surface area contributed by atoms with Gasteiger partial charge in [-0.2, -0.15) is 0 Å². The number of phenols is 1. The molecule has 0 aliphatic carbocycles. The number of aromatic hydroxyl groups is 1. The molecule has 0 aromatic heterocycles. The smallest absolute Gasteiger partial charge is 0.230 e. The van der Waals surface area contributed by atoms with Crippen LogP contribution in [0.3, 0.4) is 0 Å². The van der Waals surface area contributed by atoms with Crippen molar-refractivity contribution in [3.05, 3.63) is 65.7 Å². The van der Waals surface area contributed by atoms with Crippen LogP contribution in [0.5, 0.6) is 5.75 Å². The average Bonchev–Trinajstić information content (AvgIpc) is 2.86. The molecule has 0 bridgehead atoms.